The van der Waals surface area contributed by atoms with E-state index in [1.807, 2.05) is 12.1 Å². The summed E-state index contributed by atoms with van der Waals surface area (Å²) in [6.07, 6.45) is 0. The lowest BCUT2D eigenvalue weighted by Gasteiger charge is -2.15. The number of rotatable bonds is 7. The third-order valence-electron chi connectivity index (χ3n) is 29.7. The van der Waals surface area contributed by atoms with Crippen LogP contribution in [0.3, 0.4) is 0 Å². The van der Waals surface area contributed by atoms with Gasteiger partial charge in [-0.2, -0.15) is 0 Å². The molecule has 0 spiro atoms. The third kappa shape index (κ3) is 10.7. The molecule has 12 aromatic heterocycles. The Morgan fingerprint density at radius 1 is 0.150 bits per heavy atom. The van der Waals surface area contributed by atoms with Crippen LogP contribution in [0.5, 0.6) is 0 Å². The number of hydrogen-bond donors (Lipinski definition) is 0. The molecule has 0 atom stereocenters. The van der Waals surface area contributed by atoms with Gasteiger partial charge in [-0.15, -0.1) is 0 Å². The summed E-state index contributed by atoms with van der Waals surface area (Å²) in [5.41, 5.74) is 29.4. The largest absolute Gasteiger partial charge is 0.308 e. The first kappa shape index (κ1) is 76.4. The first-order chi connectivity index (χ1) is 69.5. The molecule has 0 radical (unpaired) electrons. The Kier molecular flexibility index (Phi) is 16.0. The first-order valence-corrected chi connectivity index (χ1v) is 47.7. The lowest BCUT2D eigenvalue weighted by molar-refractivity contribution is 1.01. The molecular weight excluding hydrogens is 1710 g/mol. The zero-order valence-electron chi connectivity index (χ0n) is 75.1. The molecule has 12 heterocycles. The zero-order valence-corrected chi connectivity index (χ0v) is 75.1. The van der Waals surface area contributed by atoms with E-state index in [0.717, 1.165) is 122 Å². The maximum atomic E-state index is 5.44. The van der Waals surface area contributed by atoms with Crippen LogP contribution < -0.4 is 0 Å². The highest BCUT2D eigenvalue weighted by atomic mass is 15.2. The quantitative estimate of drug-likeness (QED) is 0.147. The molecule has 0 aliphatic heterocycles. The molecule has 21 aromatic carbocycles. The third-order valence-corrected chi connectivity index (χ3v) is 29.7. The minimum Gasteiger partial charge on any atom is -0.308 e. The minimum atomic E-state index is 0.673. The Bertz CT molecular complexity index is 11100. The zero-order chi connectivity index (χ0) is 91.2. The van der Waals surface area contributed by atoms with Crippen LogP contribution in [0.15, 0.2) is 449 Å². The van der Waals surface area contributed by atoms with E-state index < -0.39 is 0 Å². The number of para-hydroxylation sites is 8. The molecular formula is C128H74N12. The summed E-state index contributed by atoms with van der Waals surface area (Å²) in [7, 11) is 0. The topological polar surface area (TPSA) is 105 Å². The van der Waals surface area contributed by atoms with E-state index in [0.29, 0.717) is 11.9 Å². The lowest BCUT2D eigenvalue weighted by Crippen LogP contribution is -2.04. The highest BCUT2D eigenvalue weighted by molar-refractivity contribution is 6.35. The van der Waals surface area contributed by atoms with Crippen molar-refractivity contribution >= 4 is 234 Å². The van der Waals surface area contributed by atoms with Gasteiger partial charge in [-0.3, -0.25) is 13.7 Å². The van der Waals surface area contributed by atoms with Crippen LogP contribution in [0.2, 0.25) is 0 Å². The summed E-state index contributed by atoms with van der Waals surface area (Å²) in [4.78, 5) is 32.3. The molecule has 33 rings (SSSR count). The highest BCUT2D eigenvalue weighted by Gasteiger charge is 2.30. The van der Waals surface area contributed by atoms with Crippen molar-refractivity contribution in [3.63, 3.8) is 0 Å². The Labute approximate surface area is 796 Å². The van der Waals surface area contributed by atoms with Gasteiger partial charge in [0.2, 0.25) is 11.9 Å². The Balaban J connectivity index is 0.0000000968. The van der Waals surface area contributed by atoms with Crippen LogP contribution in [-0.4, -0.2) is 56.8 Å². The normalized spacial score (nSPS) is 12.3. The second-order valence-electron chi connectivity index (χ2n) is 37.0. The van der Waals surface area contributed by atoms with Gasteiger partial charge in [0.1, 0.15) is 5.69 Å². The molecule has 0 saturated heterocycles. The van der Waals surface area contributed by atoms with Gasteiger partial charge in [0.05, 0.1) is 116 Å². The molecule has 12 nitrogen and oxygen atoms in total. The molecule has 0 bridgehead atoms. The molecule has 140 heavy (non-hydrogen) atoms. The van der Waals surface area contributed by atoms with E-state index in [9.17, 15) is 0 Å². The van der Waals surface area contributed by atoms with Gasteiger partial charge in [0.15, 0.2) is 5.82 Å². The van der Waals surface area contributed by atoms with Crippen molar-refractivity contribution < 1.29 is 0 Å². The summed E-state index contributed by atoms with van der Waals surface area (Å²) in [6, 6.07) is 161. The fourth-order valence-corrected chi connectivity index (χ4v) is 24.0. The van der Waals surface area contributed by atoms with Crippen LogP contribution in [0.1, 0.15) is 0 Å². The second-order valence-corrected chi connectivity index (χ2v) is 37.0. The van der Waals surface area contributed by atoms with E-state index in [4.69, 9.17) is 29.9 Å². The van der Waals surface area contributed by atoms with E-state index in [1.54, 1.807) is 0 Å². The molecule has 0 fully saturated rings. The molecule has 33 aromatic rings. The van der Waals surface area contributed by atoms with Crippen molar-refractivity contribution in [1.82, 2.24) is 56.8 Å². The summed E-state index contributed by atoms with van der Waals surface area (Å²) in [6.45, 7) is 0. The lowest BCUT2D eigenvalue weighted by atomic mass is 10.0. The van der Waals surface area contributed by atoms with Crippen molar-refractivity contribution in [2.75, 3.05) is 0 Å². The van der Waals surface area contributed by atoms with Crippen LogP contribution in [0, 0.1) is 0 Å². The van der Waals surface area contributed by atoms with Crippen LogP contribution >= 0.6 is 0 Å². The Hall–Kier alpha value is -19.0. The van der Waals surface area contributed by atoms with E-state index >= 15 is 0 Å². The fourth-order valence-electron chi connectivity index (χ4n) is 24.0. The van der Waals surface area contributed by atoms with Crippen molar-refractivity contribution in [3.8, 4) is 62.6 Å². The summed E-state index contributed by atoms with van der Waals surface area (Å²) >= 11 is 0. The molecule has 646 valence electrons. The first-order valence-electron chi connectivity index (χ1n) is 47.7. The summed E-state index contributed by atoms with van der Waals surface area (Å²) < 4.78 is 14.3. The predicted molar refractivity (Wildman–Crippen MR) is 582 cm³/mol. The van der Waals surface area contributed by atoms with Gasteiger partial charge in [-0.1, -0.05) is 346 Å². The van der Waals surface area contributed by atoms with Crippen molar-refractivity contribution in [1.29, 1.82) is 0 Å². The van der Waals surface area contributed by atoms with Crippen LogP contribution in [0.4, 0.5) is 0 Å². The van der Waals surface area contributed by atoms with Crippen molar-refractivity contribution in [3.05, 3.63) is 449 Å². The Morgan fingerprint density at radius 2 is 0.479 bits per heavy atom. The van der Waals surface area contributed by atoms with Gasteiger partial charge >= 0.3 is 0 Å². The number of benzene rings is 21. The standard InChI is InChI=1S/C44H26N4.2C42H24N4/c1-2-12-27(13-3-1)28-14-8-15-29(26-28)42-44(46-35-21-6-5-20-34(35)45-42)48-37-23-10-17-31-33-19-9-18-32-30-16-4-7-22-36(30)47(43(32)33)38-24-11-25-39(48)41(38)40(31)37;1-2-12-26(13-3-1)39-32-24-23-25-11-4-5-14-27(25)40(32)44-42(43-39)46-34-20-9-16-29-31-18-8-17-30-28-15-6-7-19-33(28)45(41(30)31)35-21-10-22-36(46)38(35)37(29)34;1-2-12-26(13-3-1)40-37-27-14-5-4-11-25(27)23-24-32(37)43-42(44-40)46-34-20-9-16-29-31-18-8-17-30-28-15-6-7-19-33(28)45(41(30)31)35-21-10-22-36(46)39(35)38(29)34/h1-26H;2*1-24H. The summed E-state index contributed by atoms with van der Waals surface area (Å²) in [5.74, 6) is 2.17. The van der Waals surface area contributed by atoms with Gasteiger partial charge in [-0.05, 0) is 147 Å². The molecule has 0 amide bonds. The maximum Gasteiger partial charge on any atom is 0.235 e. The van der Waals surface area contributed by atoms with Gasteiger partial charge in [0, 0.05) is 114 Å². The summed E-state index contributed by atoms with van der Waals surface area (Å²) in [5, 5.41) is 29.2. The van der Waals surface area contributed by atoms with E-state index in [2.05, 4.69) is 464 Å². The monoisotopic (exact) mass is 1780 g/mol. The maximum absolute atomic E-state index is 5.44. The van der Waals surface area contributed by atoms with Gasteiger partial charge in [-0.25, -0.2) is 29.9 Å². The number of aromatic nitrogens is 12. The smallest absolute Gasteiger partial charge is 0.235 e. The molecule has 0 saturated carbocycles. The molecule has 12 heteroatoms. The van der Waals surface area contributed by atoms with Crippen LogP contribution in [-0.2, 0) is 0 Å². The molecule has 0 N–H and O–H groups in total. The fraction of sp³-hybridized carbons (Fsp3) is 0. The molecule has 0 aliphatic rings. The molecule has 0 aliphatic carbocycles. The number of hydrogen-bond acceptors (Lipinski definition) is 6. The van der Waals surface area contributed by atoms with Crippen LogP contribution in [0.25, 0.3) is 297 Å². The van der Waals surface area contributed by atoms with Gasteiger partial charge in [0.25, 0.3) is 0 Å². The average Bonchev–Trinajstić information content (AvgIpc) is 1.53. The average molecular weight is 1780 g/mol. The molecule has 0 unspecified atom stereocenters. The van der Waals surface area contributed by atoms with E-state index in [-0.39, 0.29) is 0 Å². The SMILES string of the molecule is c1ccc(-c2cccc(-c3nc4ccccc4nc3-n3c4cccc5c6cccc7c8ccccc8n(c8cccc3c8c54)c67)c2)cc1.c1ccc(-c2nc(-n3c4cccc5c6cccc7c8ccccc8n(c8cccc3c8c54)c67)nc3c2ccc2ccccc23)cc1.c1ccc(-c2nc(-n3c4cccc5c6cccc7c8ccccc8n(c8cccc3c8c54)c67)nc3ccc4ccccc4c23)cc1. The van der Waals surface area contributed by atoms with Gasteiger partial charge < -0.3 is 13.2 Å². The minimum absolute atomic E-state index is 0.673. The van der Waals surface area contributed by atoms with E-state index in [1.165, 1.54) is 163 Å². The second kappa shape index (κ2) is 29.2. The number of fused-ring (bicyclic) bond motifs is 22. The van der Waals surface area contributed by atoms with Crippen molar-refractivity contribution in [2.24, 2.45) is 0 Å². The predicted octanol–water partition coefficient (Wildman–Crippen LogP) is 32.6. The highest BCUT2D eigenvalue weighted by Crippen LogP contribution is 2.51. The van der Waals surface area contributed by atoms with Crippen molar-refractivity contribution in [2.45, 2.75) is 0 Å². The number of nitrogens with zero attached hydrogens (tertiary/aromatic N) is 12. The Morgan fingerprint density at radius 3 is 0.993 bits per heavy atom.